The minimum absolute atomic E-state index is 0.246. The van der Waals surface area contributed by atoms with Gasteiger partial charge in [-0.1, -0.05) is 25.5 Å². The molecule has 2 aliphatic rings. The lowest BCUT2D eigenvalue weighted by Crippen LogP contribution is -2.72. The number of hydrogen-bond acceptors (Lipinski definition) is 5. The van der Waals surface area contributed by atoms with Crippen molar-refractivity contribution in [2.45, 2.75) is 31.8 Å². The van der Waals surface area contributed by atoms with Crippen molar-refractivity contribution in [2.24, 2.45) is 0 Å². The van der Waals surface area contributed by atoms with Crippen LogP contribution in [-0.4, -0.2) is 47.3 Å². The smallest absolute Gasteiger partial charge is 0.331 e. The number of nitrogens with zero attached hydrogens (tertiary/aromatic N) is 1. The van der Waals surface area contributed by atoms with Gasteiger partial charge in [0.05, 0.1) is 17.7 Å². The van der Waals surface area contributed by atoms with Gasteiger partial charge in [0.15, 0.2) is 6.04 Å². The van der Waals surface area contributed by atoms with E-state index in [0.29, 0.717) is 6.42 Å². The summed E-state index contributed by atoms with van der Waals surface area (Å²) in [4.78, 5) is 49.5. The van der Waals surface area contributed by atoms with E-state index in [9.17, 15) is 19.2 Å². The van der Waals surface area contributed by atoms with Crippen LogP contribution < -0.4 is 5.32 Å². The molecule has 23 heavy (non-hydrogen) atoms. The van der Waals surface area contributed by atoms with E-state index in [1.165, 1.54) is 12.1 Å². The predicted molar refractivity (Wildman–Crippen MR) is 78.5 cm³/mol. The molecule has 2 heterocycles. The van der Waals surface area contributed by atoms with Gasteiger partial charge in [-0.25, -0.2) is 4.79 Å². The number of fused-ring (bicyclic) bond motifs is 1. The minimum atomic E-state index is -1.14. The van der Waals surface area contributed by atoms with Crippen molar-refractivity contribution >= 4 is 23.7 Å². The third-order valence-electron chi connectivity index (χ3n) is 3.98. The molecule has 0 aromatic heterocycles. The highest BCUT2D eigenvalue weighted by Gasteiger charge is 2.55. The van der Waals surface area contributed by atoms with Gasteiger partial charge < -0.3 is 10.1 Å². The van der Waals surface area contributed by atoms with Crippen LogP contribution in [0.3, 0.4) is 0 Å². The van der Waals surface area contributed by atoms with Gasteiger partial charge in [0.2, 0.25) is 5.91 Å². The van der Waals surface area contributed by atoms with E-state index in [-0.39, 0.29) is 17.7 Å². The number of amides is 3. The standard InChI is InChI=1S/C16H16N2O5/c1-2-3-8-23-16(22)11-12(13(19)17-11)18-14(20)9-6-4-5-7-10(9)15(18)21/h4-7,11-12H,2-3,8H2,1H3,(H,17,19)/t11-,12-/m1/s1. The summed E-state index contributed by atoms with van der Waals surface area (Å²) < 4.78 is 5.07. The fraction of sp³-hybridized carbons (Fsp3) is 0.375. The Kier molecular flexibility index (Phi) is 3.85. The molecular weight excluding hydrogens is 300 g/mol. The number of carbonyl (C=O) groups excluding carboxylic acids is 4. The molecule has 0 aliphatic carbocycles. The number of carbonyl (C=O) groups is 4. The lowest BCUT2D eigenvalue weighted by molar-refractivity contribution is -0.157. The highest BCUT2D eigenvalue weighted by atomic mass is 16.5. The highest BCUT2D eigenvalue weighted by Crippen LogP contribution is 2.28. The molecule has 7 nitrogen and oxygen atoms in total. The van der Waals surface area contributed by atoms with Crippen molar-refractivity contribution in [1.82, 2.24) is 10.2 Å². The largest absolute Gasteiger partial charge is 0.464 e. The third-order valence-corrected chi connectivity index (χ3v) is 3.98. The van der Waals surface area contributed by atoms with Crippen molar-refractivity contribution in [3.63, 3.8) is 0 Å². The molecule has 120 valence electrons. The Labute approximate surface area is 132 Å². The van der Waals surface area contributed by atoms with Gasteiger partial charge in [-0.2, -0.15) is 0 Å². The molecule has 0 radical (unpaired) electrons. The first-order valence-corrected chi connectivity index (χ1v) is 7.50. The number of benzene rings is 1. The molecule has 1 aromatic carbocycles. The Morgan fingerprint density at radius 1 is 1.17 bits per heavy atom. The van der Waals surface area contributed by atoms with E-state index >= 15 is 0 Å². The van der Waals surface area contributed by atoms with Crippen molar-refractivity contribution in [2.75, 3.05) is 6.61 Å². The molecule has 1 saturated heterocycles. The Hall–Kier alpha value is -2.70. The zero-order chi connectivity index (χ0) is 16.6. The summed E-state index contributed by atoms with van der Waals surface area (Å²) in [6.07, 6.45) is 1.58. The van der Waals surface area contributed by atoms with Gasteiger partial charge in [-0.15, -0.1) is 0 Å². The minimum Gasteiger partial charge on any atom is -0.464 e. The summed E-state index contributed by atoms with van der Waals surface area (Å²) in [5, 5.41) is 2.40. The Bertz CT molecular complexity index is 664. The third kappa shape index (κ3) is 2.38. The van der Waals surface area contributed by atoms with Gasteiger partial charge in [-0.3, -0.25) is 19.3 Å². The zero-order valence-electron chi connectivity index (χ0n) is 12.6. The van der Waals surface area contributed by atoms with Crippen LogP contribution in [0.1, 0.15) is 40.5 Å². The quantitative estimate of drug-likeness (QED) is 0.369. The zero-order valence-corrected chi connectivity index (χ0v) is 12.6. The van der Waals surface area contributed by atoms with E-state index in [1.807, 2.05) is 6.92 Å². The van der Waals surface area contributed by atoms with Crippen molar-refractivity contribution < 1.29 is 23.9 Å². The van der Waals surface area contributed by atoms with E-state index in [1.54, 1.807) is 12.1 Å². The monoisotopic (exact) mass is 316 g/mol. The molecular formula is C16H16N2O5. The van der Waals surface area contributed by atoms with Crippen molar-refractivity contribution in [3.05, 3.63) is 35.4 Å². The van der Waals surface area contributed by atoms with Crippen molar-refractivity contribution in [1.29, 1.82) is 0 Å². The van der Waals surface area contributed by atoms with Crippen LogP contribution in [0, 0.1) is 0 Å². The van der Waals surface area contributed by atoms with Gasteiger partial charge in [0, 0.05) is 0 Å². The average molecular weight is 316 g/mol. The number of β-lactam (4-membered cyclic amide) rings is 1. The number of hydrogen-bond donors (Lipinski definition) is 1. The van der Waals surface area contributed by atoms with Crippen LogP contribution >= 0.6 is 0 Å². The van der Waals surface area contributed by atoms with Crippen LogP contribution in [0.25, 0.3) is 0 Å². The fourth-order valence-corrected chi connectivity index (χ4v) is 2.69. The maximum absolute atomic E-state index is 12.4. The van der Waals surface area contributed by atoms with Gasteiger partial charge in [-0.05, 0) is 18.6 Å². The lowest BCUT2D eigenvalue weighted by Gasteiger charge is -2.39. The second-order valence-electron chi connectivity index (χ2n) is 5.48. The molecule has 1 aromatic rings. The molecule has 7 heteroatoms. The van der Waals surface area contributed by atoms with Gasteiger partial charge in [0.25, 0.3) is 11.8 Å². The molecule has 2 aliphatic heterocycles. The second kappa shape index (κ2) is 5.83. The first-order valence-electron chi connectivity index (χ1n) is 7.50. The van der Waals surface area contributed by atoms with E-state index in [4.69, 9.17) is 4.74 Å². The number of rotatable bonds is 5. The molecule has 2 atom stereocenters. The maximum atomic E-state index is 12.4. The number of esters is 1. The van der Waals surface area contributed by atoms with Crippen LogP contribution in [0.5, 0.6) is 0 Å². The summed E-state index contributed by atoms with van der Waals surface area (Å²) in [7, 11) is 0. The summed E-state index contributed by atoms with van der Waals surface area (Å²) in [6, 6.07) is 4.20. The highest BCUT2D eigenvalue weighted by molar-refractivity contribution is 6.24. The Morgan fingerprint density at radius 2 is 1.78 bits per heavy atom. The van der Waals surface area contributed by atoms with Crippen molar-refractivity contribution in [3.8, 4) is 0 Å². The fourth-order valence-electron chi connectivity index (χ4n) is 2.69. The molecule has 0 saturated carbocycles. The SMILES string of the molecule is CCCCOC(=O)[C@@H]1NC(=O)[C@@H]1N1C(=O)c2ccccc2C1=O. The number of unbranched alkanes of at least 4 members (excludes halogenated alkanes) is 1. The molecule has 0 spiro atoms. The molecule has 1 fully saturated rings. The Morgan fingerprint density at radius 3 is 2.30 bits per heavy atom. The van der Waals surface area contributed by atoms with E-state index < -0.39 is 35.8 Å². The maximum Gasteiger partial charge on any atom is 0.331 e. The normalized spacial score (nSPS) is 22.5. The summed E-state index contributed by atoms with van der Waals surface area (Å²) in [5.41, 5.74) is 0.491. The molecule has 1 N–H and O–H groups in total. The van der Waals surface area contributed by atoms with E-state index in [2.05, 4.69) is 5.32 Å². The van der Waals surface area contributed by atoms with Crippen LogP contribution in [0.2, 0.25) is 0 Å². The first-order chi connectivity index (χ1) is 11.1. The summed E-state index contributed by atoms with van der Waals surface area (Å²) in [6.45, 7) is 2.21. The Balaban J connectivity index is 1.78. The molecule has 0 unspecified atom stereocenters. The number of nitrogens with one attached hydrogen (secondary N) is 1. The molecule has 0 bridgehead atoms. The van der Waals surface area contributed by atoms with Gasteiger partial charge in [0.1, 0.15) is 6.04 Å². The number of imide groups is 1. The average Bonchev–Trinajstić information content (AvgIpc) is 2.78. The lowest BCUT2D eigenvalue weighted by atomic mass is 9.97. The predicted octanol–water partition coefficient (Wildman–Crippen LogP) is 0.493. The molecule has 3 rings (SSSR count). The van der Waals surface area contributed by atoms with E-state index in [0.717, 1.165) is 11.3 Å². The number of ether oxygens (including phenoxy) is 1. The second-order valence-corrected chi connectivity index (χ2v) is 5.48. The summed E-state index contributed by atoms with van der Waals surface area (Å²) >= 11 is 0. The van der Waals surface area contributed by atoms with Gasteiger partial charge >= 0.3 is 5.97 Å². The van der Waals surface area contributed by atoms with Crippen LogP contribution in [-0.2, 0) is 14.3 Å². The van der Waals surface area contributed by atoms with Crippen LogP contribution in [0.4, 0.5) is 0 Å². The summed E-state index contributed by atoms with van der Waals surface area (Å²) in [5.74, 6) is -2.27. The topological polar surface area (TPSA) is 92.8 Å². The van der Waals surface area contributed by atoms with Crippen LogP contribution in [0.15, 0.2) is 24.3 Å². The molecule has 3 amide bonds. The first kappa shape index (κ1) is 15.2.